The molecule has 1 aromatic rings. The first-order valence-corrected chi connectivity index (χ1v) is 7.06. The second-order valence-corrected chi connectivity index (χ2v) is 5.52. The minimum atomic E-state index is -0.217. The summed E-state index contributed by atoms with van der Waals surface area (Å²) in [7, 11) is 0. The van der Waals surface area contributed by atoms with Crippen molar-refractivity contribution in [2.75, 3.05) is 13.2 Å². The van der Waals surface area contributed by atoms with Gasteiger partial charge >= 0.3 is 0 Å². The lowest BCUT2D eigenvalue weighted by Crippen LogP contribution is -2.45. The highest BCUT2D eigenvalue weighted by molar-refractivity contribution is 7.80. The van der Waals surface area contributed by atoms with E-state index in [0.717, 1.165) is 12.8 Å². The molecule has 1 heterocycles. The third kappa shape index (κ3) is 2.70. The van der Waals surface area contributed by atoms with Gasteiger partial charge in [0.05, 0.1) is 11.0 Å². The van der Waals surface area contributed by atoms with E-state index in [4.69, 9.17) is 27.4 Å². The fourth-order valence-corrected chi connectivity index (χ4v) is 2.51. The summed E-state index contributed by atoms with van der Waals surface area (Å²) in [4.78, 5) is 12.6. The van der Waals surface area contributed by atoms with Crippen LogP contribution in [0.5, 0.6) is 11.5 Å². The van der Waals surface area contributed by atoms with Gasteiger partial charge in [0.2, 0.25) is 0 Å². The monoisotopic (exact) mass is 292 g/mol. The molecule has 106 valence electrons. The van der Waals surface area contributed by atoms with Crippen LogP contribution in [0.4, 0.5) is 0 Å². The van der Waals surface area contributed by atoms with Crippen molar-refractivity contribution in [3.63, 3.8) is 0 Å². The highest BCUT2D eigenvalue weighted by Gasteiger charge is 2.34. The molecule has 0 aromatic heterocycles. The number of amides is 1. The van der Waals surface area contributed by atoms with Gasteiger partial charge in [-0.2, -0.15) is 0 Å². The van der Waals surface area contributed by atoms with Crippen LogP contribution in [-0.2, 0) is 0 Å². The molecule has 1 aromatic carbocycles. The summed E-state index contributed by atoms with van der Waals surface area (Å²) in [5, 5.41) is 2.90. The average molecular weight is 292 g/mol. The van der Waals surface area contributed by atoms with Crippen LogP contribution in [0.1, 0.15) is 23.2 Å². The molecule has 6 heteroatoms. The predicted octanol–water partition coefficient (Wildman–Crippen LogP) is 1.25. The summed E-state index contributed by atoms with van der Waals surface area (Å²) in [5.74, 6) is 1.46. The summed E-state index contributed by atoms with van der Waals surface area (Å²) in [5.41, 5.74) is 6.21. The van der Waals surface area contributed by atoms with E-state index in [2.05, 4.69) is 5.32 Å². The van der Waals surface area contributed by atoms with E-state index >= 15 is 0 Å². The molecule has 1 unspecified atom stereocenters. The van der Waals surface area contributed by atoms with Crippen molar-refractivity contribution >= 4 is 23.1 Å². The van der Waals surface area contributed by atoms with Crippen LogP contribution in [0.25, 0.3) is 0 Å². The van der Waals surface area contributed by atoms with E-state index in [9.17, 15) is 4.79 Å². The van der Waals surface area contributed by atoms with E-state index in [1.165, 1.54) is 0 Å². The Hall–Kier alpha value is -1.82. The van der Waals surface area contributed by atoms with Crippen molar-refractivity contribution in [3.8, 4) is 11.5 Å². The number of nitrogens with one attached hydrogen (secondary N) is 1. The van der Waals surface area contributed by atoms with Crippen LogP contribution in [0.2, 0.25) is 0 Å². The molecule has 20 heavy (non-hydrogen) atoms. The number of hydrogen-bond acceptors (Lipinski definition) is 4. The van der Waals surface area contributed by atoms with E-state index in [1.807, 2.05) is 0 Å². The van der Waals surface area contributed by atoms with E-state index in [0.29, 0.717) is 41.2 Å². The second-order valence-electron chi connectivity index (χ2n) is 5.05. The minimum absolute atomic E-state index is 0.188. The fourth-order valence-electron chi connectivity index (χ4n) is 2.26. The third-order valence-electron chi connectivity index (χ3n) is 3.49. The first kappa shape index (κ1) is 13.2. The Kier molecular flexibility index (Phi) is 3.48. The molecule has 1 fully saturated rings. The van der Waals surface area contributed by atoms with Gasteiger partial charge in [-0.1, -0.05) is 12.2 Å². The molecule has 1 aliphatic heterocycles. The molecule has 1 aliphatic carbocycles. The van der Waals surface area contributed by atoms with Gasteiger partial charge < -0.3 is 20.5 Å². The molecule has 0 radical (unpaired) electrons. The molecule has 1 saturated carbocycles. The van der Waals surface area contributed by atoms with Crippen LogP contribution in [0.3, 0.4) is 0 Å². The Morgan fingerprint density at radius 1 is 1.30 bits per heavy atom. The molecule has 2 aliphatic rings. The normalized spacial score (nSPS) is 18.2. The Bertz CT molecular complexity index is 557. The maximum atomic E-state index is 12.3. The first-order valence-electron chi connectivity index (χ1n) is 6.65. The zero-order valence-corrected chi connectivity index (χ0v) is 11.7. The van der Waals surface area contributed by atoms with Crippen molar-refractivity contribution < 1.29 is 14.3 Å². The fraction of sp³-hybridized carbons (Fsp3) is 0.429. The highest BCUT2D eigenvalue weighted by atomic mass is 32.1. The maximum Gasteiger partial charge on any atom is 0.251 e. The van der Waals surface area contributed by atoms with E-state index in [-0.39, 0.29) is 11.9 Å². The number of hydrogen-bond donors (Lipinski definition) is 2. The summed E-state index contributed by atoms with van der Waals surface area (Å²) in [6.07, 6.45) is 2.12. The molecule has 3 N–H and O–H groups in total. The van der Waals surface area contributed by atoms with Gasteiger partial charge in [0.25, 0.3) is 5.91 Å². The van der Waals surface area contributed by atoms with Crippen LogP contribution >= 0.6 is 12.2 Å². The zero-order valence-electron chi connectivity index (χ0n) is 10.9. The first-order chi connectivity index (χ1) is 9.65. The molecule has 0 bridgehead atoms. The minimum Gasteiger partial charge on any atom is -0.486 e. The molecule has 1 atom stereocenters. The highest BCUT2D eigenvalue weighted by Crippen LogP contribution is 2.33. The summed E-state index contributed by atoms with van der Waals surface area (Å²) in [6.45, 7) is 1.03. The van der Waals surface area contributed by atoms with E-state index < -0.39 is 0 Å². The van der Waals surface area contributed by atoms with Gasteiger partial charge in [0.15, 0.2) is 11.5 Å². The molecular formula is C14H16N2O3S. The topological polar surface area (TPSA) is 73.6 Å². The number of ether oxygens (including phenoxy) is 2. The molecular weight excluding hydrogens is 276 g/mol. The van der Waals surface area contributed by atoms with Gasteiger partial charge in [0, 0.05) is 5.56 Å². The van der Waals surface area contributed by atoms with Crippen molar-refractivity contribution in [2.45, 2.75) is 18.9 Å². The van der Waals surface area contributed by atoms with E-state index in [1.54, 1.807) is 18.2 Å². The van der Waals surface area contributed by atoms with Crippen LogP contribution < -0.4 is 20.5 Å². The number of fused-ring (bicyclic) bond motifs is 1. The molecule has 1 amide bonds. The number of carbonyl (C=O) groups excluding carboxylic acids is 1. The third-order valence-corrected chi connectivity index (χ3v) is 3.74. The lowest BCUT2D eigenvalue weighted by molar-refractivity contribution is 0.0942. The standard InChI is InChI=1S/C14H16N2O3S/c15-13(20)12(8-1-2-8)16-14(17)9-3-4-10-11(7-9)19-6-5-18-10/h3-4,7-8,12H,1-2,5-6H2,(H2,15,20)(H,16,17). The Morgan fingerprint density at radius 2 is 2.00 bits per heavy atom. The molecule has 0 saturated heterocycles. The van der Waals surface area contributed by atoms with Gasteiger partial charge in [0.1, 0.15) is 13.2 Å². The van der Waals surface area contributed by atoms with Crippen molar-refractivity contribution in [1.29, 1.82) is 0 Å². The number of thiocarbonyl (C=S) groups is 1. The lowest BCUT2D eigenvalue weighted by atomic mass is 10.1. The van der Waals surface area contributed by atoms with Crippen molar-refractivity contribution in [3.05, 3.63) is 23.8 Å². The lowest BCUT2D eigenvalue weighted by Gasteiger charge is -2.20. The largest absolute Gasteiger partial charge is 0.486 e. The van der Waals surface area contributed by atoms with Crippen molar-refractivity contribution in [1.82, 2.24) is 5.32 Å². The molecule has 5 nitrogen and oxygen atoms in total. The Labute approximate surface area is 122 Å². The number of carbonyl (C=O) groups is 1. The molecule has 0 spiro atoms. The second kappa shape index (κ2) is 5.28. The van der Waals surface area contributed by atoms with Gasteiger partial charge in [-0.25, -0.2) is 0 Å². The van der Waals surface area contributed by atoms with Gasteiger partial charge in [-0.3, -0.25) is 4.79 Å². The molecule has 3 rings (SSSR count). The Morgan fingerprint density at radius 3 is 2.65 bits per heavy atom. The number of nitrogens with two attached hydrogens (primary N) is 1. The SMILES string of the molecule is NC(=S)C(NC(=O)c1ccc2c(c1)OCCO2)C1CC1. The van der Waals surface area contributed by atoms with Crippen LogP contribution in [0, 0.1) is 5.92 Å². The zero-order chi connectivity index (χ0) is 14.1. The number of benzene rings is 1. The average Bonchev–Trinajstić information content (AvgIpc) is 3.28. The smallest absolute Gasteiger partial charge is 0.251 e. The van der Waals surface area contributed by atoms with Crippen LogP contribution in [0.15, 0.2) is 18.2 Å². The summed E-state index contributed by atoms with van der Waals surface area (Å²) in [6, 6.07) is 4.93. The maximum absolute atomic E-state index is 12.3. The van der Waals surface area contributed by atoms with Crippen LogP contribution in [-0.4, -0.2) is 30.2 Å². The predicted molar refractivity (Wildman–Crippen MR) is 78.2 cm³/mol. The van der Waals surface area contributed by atoms with Crippen molar-refractivity contribution in [2.24, 2.45) is 11.7 Å². The summed E-state index contributed by atoms with van der Waals surface area (Å²) < 4.78 is 10.9. The number of rotatable bonds is 4. The Balaban J connectivity index is 1.74. The van der Waals surface area contributed by atoms with Gasteiger partial charge in [-0.05, 0) is 37.0 Å². The quantitative estimate of drug-likeness (QED) is 0.817. The summed E-state index contributed by atoms with van der Waals surface area (Å²) >= 11 is 5.02. The van der Waals surface area contributed by atoms with Gasteiger partial charge in [-0.15, -0.1) is 0 Å².